The summed E-state index contributed by atoms with van der Waals surface area (Å²) in [5.74, 6) is -0.373. The molecule has 0 bridgehead atoms. The van der Waals surface area contributed by atoms with Crippen LogP contribution < -0.4 is 4.90 Å². The fourth-order valence-electron chi connectivity index (χ4n) is 1.73. The normalized spacial score (nSPS) is 10.1. The third-order valence-electron chi connectivity index (χ3n) is 2.86. The minimum atomic E-state index is -0.373. The number of hydrogen-bond acceptors (Lipinski definition) is 4. The van der Waals surface area contributed by atoms with Crippen LogP contribution in [0.5, 0.6) is 0 Å². The first-order valence-corrected chi connectivity index (χ1v) is 5.94. The van der Waals surface area contributed by atoms with Crippen molar-refractivity contribution in [2.75, 3.05) is 26.1 Å². The molecule has 0 amide bonds. The van der Waals surface area contributed by atoms with Gasteiger partial charge in [-0.15, -0.1) is 0 Å². The Morgan fingerprint density at radius 3 is 2.26 bits per heavy atom. The first kappa shape index (κ1) is 13.1. The van der Waals surface area contributed by atoms with Crippen LogP contribution in [0.2, 0.25) is 0 Å². The highest BCUT2D eigenvalue weighted by Crippen LogP contribution is 2.20. The molecule has 1 aromatic carbocycles. The number of carbonyl (C=O) groups is 1. The second-order valence-electron chi connectivity index (χ2n) is 4.36. The average molecular weight is 256 g/mol. The second-order valence-corrected chi connectivity index (χ2v) is 4.36. The van der Waals surface area contributed by atoms with E-state index in [9.17, 15) is 4.79 Å². The number of esters is 1. The van der Waals surface area contributed by atoms with Crippen LogP contribution in [0.15, 0.2) is 42.6 Å². The van der Waals surface area contributed by atoms with Crippen molar-refractivity contribution in [1.29, 1.82) is 0 Å². The third kappa shape index (κ3) is 2.91. The molecule has 98 valence electrons. The van der Waals surface area contributed by atoms with Crippen LogP contribution in [0, 0.1) is 0 Å². The van der Waals surface area contributed by atoms with Gasteiger partial charge in [0.25, 0.3) is 0 Å². The molecule has 0 aliphatic heterocycles. The topological polar surface area (TPSA) is 42.4 Å². The Morgan fingerprint density at radius 1 is 1.11 bits per heavy atom. The summed E-state index contributed by atoms with van der Waals surface area (Å²) in [7, 11) is 5.35. The van der Waals surface area contributed by atoms with E-state index in [4.69, 9.17) is 0 Å². The lowest BCUT2D eigenvalue weighted by molar-refractivity contribution is 0.0600. The van der Waals surface area contributed by atoms with Crippen LogP contribution in [-0.2, 0) is 4.74 Å². The number of pyridine rings is 1. The molecule has 0 unspecified atom stereocenters. The Bertz CT molecular complexity index is 560. The lowest BCUT2D eigenvalue weighted by Crippen LogP contribution is -2.08. The van der Waals surface area contributed by atoms with Crippen LogP contribution in [0.1, 0.15) is 10.4 Å². The number of anilines is 1. The highest BCUT2D eigenvalue weighted by Gasteiger charge is 2.06. The van der Waals surface area contributed by atoms with Gasteiger partial charge in [0.15, 0.2) is 0 Å². The maximum absolute atomic E-state index is 11.3. The van der Waals surface area contributed by atoms with Gasteiger partial charge in [0.1, 0.15) is 0 Å². The molecule has 0 saturated carbocycles. The molecule has 0 N–H and O–H groups in total. The van der Waals surface area contributed by atoms with Gasteiger partial charge in [0, 0.05) is 31.5 Å². The van der Waals surface area contributed by atoms with E-state index in [-0.39, 0.29) is 5.97 Å². The van der Waals surface area contributed by atoms with Crippen molar-refractivity contribution in [2.45, 2.75) is 0 Å². The number of benzene rings is 1. The summed E-state index contributed by atoms with van der Waals surface area (Å²) >= 11 is 0. The Kier molecular flexibility index (Phi) is 3.80. The summed E-state index contributed by atoms with van der Waals surface area (Å²) in [4.78, 5) is 17.6. The maximum atomic E-state index is 11.3. The minimum absolute atomic E-state index is 0.373. The van der Waals surface area contributed by atoms with E-state index >= 15 is 0 Å². The van der Waals surface area contributed by atoms with Crippen LogP contribution >= 0.6 is 0 Å². The van der Waals surface area contributed by atoms with Crippen LogP contribution in [-0.4, -0.2) is 32.2 Å². The fraction of sp³-hybridized carbons (Fsp3) is 0.200. The van der Waals surface area contributed by atoms with Crippen molar-refractivity contribution >= 4 is 11.7 Å². The monoisotopic (exact) mass is 256 g/mol. The highest BCUT2D eigenvalue weighted by atomic mass is 16.5. The smallest absolute Gasteiger partial charge is 0.339 e. The molecule has 2 rings (SSSR count). The Morgan fingerprint density at radius 2 is 1.79 bits per heavy atom. The Balaban J connectivity index is 2.24. The lowest BCUT2D eigenvalue weighted by Gasteiger charge is -2.12. The summed E-state index contributed by atoms with van der Waals surface area (Å²) in [5, 5.41) is 0. The molecular weight excluding hydrogens is 240 g/mol. The van der Waals surface area contributed by atoms with E-state index in [0.717, 1.165) is 16.9 Å². The standard InChI is InChI=1S/C15H16N2O2/c1-17(2)13-7-4-11(5-8-13)14-9-6-12(10-16-14)15(18)19-3/h4-10H,1-3H3. The molecule has 4 heteroatoms. The molecule has 0 spiro atoms. The molecule has 1 heterocycles. The molecule has 4 nitrogen and oxygen atoms in total. The molecule has 0 radical (unpaired) electrons. The molecule has 0 atom stereocenters. The largest absolute Gasteiger partial charge is 0.465 e. The quantitative estimate of drug-likeness (QED) is 0.792. The van der Waals surface area contributed by atoms with Gasteiger partial charge in [0.2, 0.25) is 0 Å². The summed E-state index contributed by atoms with van der Waals surface area (Å²) in [6.45, 7) is 0. The number of methoxy groups -OCH3 is 1. The van der Waals surface area contributed by atoms with Gasteiger partial charge in [0.05, 0.1) is 18.4 Å². The van der Waals surface area contributed by atoms with Crippen LogP contribution in [0.4, 0.5) is 5.69 Å². The molecule has 0 aliphatic rings. The van der Waals surface area contributed by atoms with E-state index in [1.165, 1.54) is 13.3 Å². The van der Waals surface area contributed by atoms with E-state index in [1.54, 1.807) is 6.07 Å². The van der Waals surface area contributed by atoms with Gasteiger partial charge < -0.3 is 9.64 Å². The predicted molar refractivity (Wildman–Crippen MR) is 75.3 cm³/mol. The number of hydrogen-bond donors (Lipinski definition) is 0. The van der Waals surface area contributed by atoms with Crippen LogP contribution in [0.25, 0.3) is 11.3 Å². The molecule has 19 heavy (non-hydrogen) atoms. The van der Waals surface area contributed by atoms with E-state index < -0.39 is 0 Å². The zero-order chi connectivity index (χ0) is 13.8. The first-order valence-electron chi connectivity index (χ1n) is 5.94. The van der Waals surface area contributed by atoms with Gasteiger partial charge in [-0.3, -0.25) is 4.98 Å². The Labute approximate surface area is 112 Å². The molecule has 2 aromatic rings. The highest BCUT2D eigenvalue weighted by molar-refractivity contribution is 5.89. The average Bonchev–Trinajstić information content (AvgIpc) is 2.46. The molecule has 0 fully saturated rings. The summed E-state index contributed by atoms with van der Waals surface area (Å²) in [6.07, 6.45) is 1.53. The van der Waals surface area contributed by atoms with Crippen molar-refractivity contribution < 1.29 is 9.53 Å². The summed E-state index contributed by atoms with van der Waals surface area (Å²) in [6, 6.07) is 11.6. The van der Waals surface area contributed by atoms with Gasteiger partial charge in [-0.1, -0.05) is 12.1 Å². The van der Waals surface area contributed by atoms with Crippen LogP contribution in [0.3, 0.4) is 0 Å². The van der Waals surface area contributed by atoms with Crippen molar-refractivity contribution in [3.05, 3.63) is 48.2 Å². The van der Waals surface area contributed by atoms with E-state index in [2.05, 4.69) is 9.72 Å². The summed E-state index contributed by atoms with van der Waals surface area (Å²) in [5.41, 5.74) is 3.44. The first-order chi connectivity index (χ1) is 9.11. The van der Waals surface area contributed by atoms with Gasteiger partial charge >= 0.3 is 5.97 Å². The number of nitrogens with zero attached hydrogens (tertiary/aromatic N) is 2. The molecule has 0 aliphatic carbocycles. The lowest BCUT2D eigenvalue weighted by atomic mass is 10.1. The number of rotatable bonds is 3. The molecular formula is C15H16N2O2. The Hall–Kier alpha value is -2.36. The number of aromatic nitrogens is 1. The van der Waals surface area contributed by atoms with Gasteiger partial charge in [-0.05, 0) is 24.3 Å². The van der Waals surface area contributed by atoms with Gasteiger partial charge in [-0.2, -0.15) is 0 Å². The van der Waals surface area contributed by atoms with Crippen molar-refractivity contribution in [1.82, 2.24) is 4.98 Å². The van der Waals surface area contributed by atoms with Crippen molar-refractivity contribution in [2.24, 2.45) is 0 Å². The predicted octanol–water partition coefficient (Wildman–Crippen LogP) is 2.60. The van der Waals surface area contributed by atoms with Gasteiger partial charge in [-0.25, -0.2) is 4.79 Å². The summed E-state index contributed by atoms with van der Waals surface area (Å²) < 4.78 is 4.64. The zero-order valence-corrected chi connectivity index (χ0v) is 11.3. The van der Waals surface area contributed by atoms with Crippen molar-refractivity contribution in [3.8, 4) is 11.3 Å². The number of carbonyl (C=O) groups excluding carboxylic acids is 1. The van der Waals surface area contributed by atoms with Crippen molar-refractivity contribution in [3.63, 3.8) is 0 Å². The molecule has 1 aromatic heterocycles. The molecule has 0 saturated heterocycles. The van der Waals surface area contributed by atoms with E-state index in [0.29, 0.717) is 5.56 Å². The van der Waals surface area contributed by atoms with E-state index in [1.807, 2.05) is 49.3 Å². The zero-order valence-electron chi connectivity index (χ0n) is 11.3. The maximum Gasteiger partial charge on any atom is 0.339 e. The fourth-order valence-corrected chi connectivity index (χ4v) is 1.73. The third-order valence-corrected chi connectivity index (χ3v) is 2.86. The minimum Gasteiger partial charge on any atom is -0.465 e. The SMILES string of the molecule is COC(=O)c1ccc(-c2ccc(N(C)C)cc2)nc1. The second kappa shape index (κ2) is 5.52. The number of ether oxygens (including phenoxy) is 1.